The van der Waals surface area contributed by atoms with Crippen LogP contribution in [0.2, 0.25) is 0 Å². The summed E-state index contributed by atoms with van der Waals surface area (Å²) in [7, 11) is 0. The van der Waals surface area contributed by atoms with E-state index in [2.05, 4.69) is 5.32 Å². The smallest absolute Gasteiger partial charge is 0.249 e. The van der Waals surface area contributed by atoms with Gasteiger partial charge in [0.15, 0.2) is 0 Å². The molecule has 2 unspecified atom stereocenters. The van der Waals surface area contributed by atoms with Gasteiger partial charge in [0, 0.05) is 6.54 Å². The zero-order chi connectivity index (χ0) is 12.2. The third kappa shape index (κ3) is 3.46. The Hall–Kier alpha value is -0.610. The van der Waals surface area contributed by atoms with E-state index in [1.54, 1.807) is 0 Å². The van der Waals surface area contributed by atoms with Crippen LogP contribution in [0.25, 0.3) is 0 Å². The molecule has 0 bridgehead atoms. The van der Waals surface area contributed by atoms with Crippen molar-refractivity contribution in [2.75, 3.05) is 6.54 Å². The van der Waals surface area contributed by atoms with Crippen LogP contribution in [0.1, 0.15) is 46.5 Å². The lowest BCUT2D eigenvalue weighted by molar-refractivity contribution is -0.133. The lowest BCUT2D eigenvalue weighted by atomic mass is 9.97. The number of aliphatic hydroxyl groups is 1. The Bertz CT molecular complexity index is 238. The van der Waals surface area contributed by atoms with Crippen molar-refractivity contribution in [3.05, 3.63) is 0 Å². The summed E-state index contributed by atoms with van der Waals surface area (Å²) in [5, 5.41) is 12.8. The second-order valence-electron chi connectivity index (χ2n) is 4.66. The number of carbonyl (C=O) groups is 1. The van der Waals surface area contributed by atoms with Crippen LogP contribution in [-0.2, 0) is 9.53 Å². The molecule has 1 heterocycles. The van der Waals surface area contributed by atoms with Crippen LogP contribution in [0.15, 0.2) is 0 Å². The Kier molecular flexibility index (Phi) is 4.74. The fraction of sp³-hybridized carbons (Fsp3) is 0.917. The average Bonchev–Trinajstić information content (AvgIpc) is 2.72. The van der Waals surface area contributed by atoms with E-state index in [1.807, 2.05) is 20.8 Å². The van der Waals surface area contributed by atoms with Crippen LogP contribution in [0.5, 0.6) is 0 Å². The van der Waals surface area contributed by atoms with Crippen LogP contribution < -0.4 is 5.32 Å². The van der Waals surface area contributed by atoms with Gasteiger partial charge in [0.05, 0.1) is 11.7 Å². The van der Waals surface area contributed by atoms with E-state index in [9.17, 15) is 9.90 Å². The molecule has 1 fully saturated rings. The van der Waals surface area contributed by atoms with E-state index in [-0.39, 0.29) is 18.1 Å². The van der Waals surface area contributed by atoms with Gasteiger partial charge in [-0.15, -0.1) is 0 Å². The molecule has 16 heavy (non-hydrogen) atoms. The van der Waals surface area contributed by atoms with Crippen molar-refractivity contribution < 1.29 is 14.6 Å². The predicted molar refractivity (Wildman–Crippen MR) is 62.1 cm³/mol. The van der Waals surface area contributed by atoms with Crippen LogP contribution in [-0.4, -0.2) is 35.4 Å². The maximum Gasteiger partial charge on any atom is 0.249 e. The summed E-state index contributed by atoms with van der Waals surface area (Å²) in [6, 6.07) is 0. The third-order valence-electron chi connectivity index (χ3n) is 3.43. The molecule has 1 rings (SSSR count). The van der Waals surface area contributed by atoms with Crippen LogP contribution in [0.4, 0.5) is 0 Å². The first kappa shape index (κ1) is 13.5. The minimum absolute atomic E-state index is 0.0929. The molecule has 1 saturated heterocycles. The van der Waals surface area contributed by atoms with Gasteiger partial charge in [-0.05, 0) is 32.6 Å². The van der Waals surface area contributed by atoms with Gasteiger partial charge in [-0.25, -0.2) is 0 Å². The minimum atomic E-state index is -0.778. The van der Waals surface area contributed by atoms with Crippen molar-refractivity contribution in [3.63, 3.8) is 0 Å². The Morgan fingerprint density at radius 3 is 2.50 bits per heavy atom. The topological polar surface area (TPSA) is 58.6 Å². The van der Waals surface area contributed by atoms with Gasteiger partial charge < -0.3 is 15.2 Å². The molecule has 0 saturated carbocycles. The summed E-state index contributed by atoms with van der Waals surface area (Å²) in [5.41, 5.74) is -0.778. The van der Waals surface area contributed by atoms with Crippen LogP contribution >= 0.6 is 0 Å². The van der Waals surface area contributed by atoms with Gasteiger partial charge in [-0.3, -0.25) is 4.79 Å². The zero-order valence-electron chi connectivity index (χ0n) is 10.5. The molecule has 94 valence electrons. The molecule has 4 nitrogen and oxygen atoms in total. The molecule has 0 aromatic rings. The highest BCUT2D eigenvalue weighted by Crippen LogP contribution is 2.19. The molecule has 0 spiro atoms. The molecular formula is C12H23NO3. The molecule has 1 aliphatic heterocycles. The molecule has 1 amide bonds. The summed E-state index contributed by atoms with van der Waals surface area (Å²) in [6.45, 7) is 6.13. The Morgan fingerprint density at radius 2 is 2.06 bits per heavy atom. The average molecular weight is 229 g/mol. The highest BCUT2D eigenvalue weighted by Gasteiger charge is 2.30. The molecule has 0 aromatic carbocycles. The SMILES string of the molecule is CCC(O)(CC)CNC(=O)C1CCC(C)O1. The largest absolute Gasteiger partial charge is 0.388 e. The fourth-order valence-electron chi connectivity index (χ4n) is 1.86. The van der Waals surface area contributed by atoms with E-state index >= 15 is 0 Å². The normalized spacial score (nSPS) is 25.8. The maximum atomic E-state index is 11.7. The lowest BCUT2D eigenvalue weighted by Gasteiger charge is -2.26. The van der Waals surface area contributed by atoms with E-state index in [0.717, 1.165) is 12.8 Å². The molecule has 2 atom stereocenters. The first-order valence-electron chi connectivity index (χ1n) is 6.16. The zero-order valence-corrected chi connectivity index (χ0v) is 10.5. The number of rotatable bonds is 5. The molecule has 0 aliphatic carbocycles. The third-order valence-corrected chi connectivity index (χ3v) is 3.43. The van der Waals surface area contributed by atoms with Gasteiger partial charge in [0.1, 0.15) is 6.10 Å². The quantitative estimate of drug-likeness (QED) is 0.745. The molecule has 2 N–H and O–H groups in total. The van der Waals surface area contributed by atoms with E-state index in [0.29, 0.717) is 19.4 Å². The van der Waals surface area contributed by atoms with Crippen molar-refractivity contribution in [3.8, 4) is 0 Å². The second kappa shape index (κ2) is 5.64. The molecule has 4 heteroatoms. The highest BCUT2D eigenvalue weighted by molar-refractivity contribution is 5.81. The fourth-order valence-corrected chi connectivity index (χ4v) is 1.86. The lowest BCUT2D eigenvalue weighted by Crippen LogP contribution is -2.45. The summed E-state index contributed by atoms with van der Waals surface area (Å²) >= 11 is 0. The molecule has 1 aliphatic rings. The first-order chi connectivity index (χ1) is 7.50. The Balaban J connectivity index is 2.35. The number of ether oxygens (including phenoxy) is 1. The maximum absolute atomic E-state index is 11.7. The number of carbonyl (C=O) groups excluding carboxylic acids is 1. The summed E-state index contributed by atoms with van der Waals surface area (Å²) in [6.07, 6.45) is 2.85. The van der Waals surface area contributed by atoms with Gasteiger partial charge in [0.2, 0.25) is 5.91 Å². The molecular weight excluding hydrogens is 206 g/mol. The monoisotopic (exact) mass is 229 g/mol. The number of hydrogen-bond acceptors (Lipinski definition) is 3. The molecule has 0 radical (unpaired) electrons. The molecule has 0 aromatic heterocycles. The van der Waals surface area contributed by atoms with Gasteiger partial charge >= 0.3 is 0 Å². The van der Waals surface area contributed by atoms with E-state index < -0.39 is 5.60 Å². The first-order valence-corrected chi connectivity index (χ1v) is 6.16. The van der Waals surface area contributed by atoms with Crippen molar-refractivity contribution >= 4 is 5.91 Å². The van der Waals surface area contributed by atoms with E-state index in [1.165, 1.54) is 0 Å². The highest BCUT2D eigenvalue weighted by atomic mass is 16.5. The van der Waals surface area contributed by atoms with Crippen molar-refractivity contribution in [2.24, 2.45) is 0 Å². The van der Waals surface area contributed by atoms with Gasteiger partial charge in [-0.2, -0.15) is 0 Å². The van der Waals surface area contributed by atoms with Gasteiger partial charge in [-0.1, -0.05) is 13.8 Å². The summed E-state index contributed by atoms with van der Waals surface area (Å²) in [5.74, 6) is -0.0929. The van der Waals surface area contributed by atoms with Crippen LogP contribution in [0, 0.1) is 0 Å². The number of hydrogen-bond donors (Lipinski definition) is 2. The predicted octanol–water partition coefficient (Wildman–Crippen LogP) is 1.22. The van der Waals surface area contributed by atoms with Crippen molar-refractivity contribution in [1.29, 1.82) is 0 Å². The Labute approximate surface area is 97.4 Å². The second-order valence-corrected chi connectivity index (χ2v) is 4.66. The van der Waals surface area contributed by atoms with Crippen molar-refractivity contribution in [1.82, 2.24) is 5.32 Å². The van der Waals surface area contributed by atoms with Crippen LogP contribution in [0.3, 0.4) is 0 Å². The summed E-state index contributed by atoms with van der Waals surface area (Å²) in [4.78, 5) is 11.7. The number of nitrogens with one attached hydrogen (secondary N) is 1. The summed E-state index contributed by atoms with van der Waals surface area (Å²) < 4.78 is 5.46. The van der Waals surface area contributed by atoms with E-state index in [4.69, 9.17) is 4.74 Å². The van der Waals surface area contributed by atoms with Gasteiger partial charge in [0.25, 0.3) is 0 Å². The Morgan fingerprint density at radius 1 is 1.44 bits per heavy atom. The standard InChI is InChI=1S/C12H23NO3/c1-4-12(15,5-2)8-13-11(14)10-7-6-9(3)16-10/h9-10,15H,4-8H2,1-3H3,(H,13,14). The van der Waals surface area contributed by atoms with Crippen molar-refractivity contribution in [2.45, 2.75) is 64.3 Å². The minimum Gasteiger partial charge on any atom is -0.388 e. The number of amides is 1.